The van der Waals surface area contributed by atoms with E-state index in [2.05, 4.69) is 31.0 Å². The Morgan fingerprint density at radius 1 is 1.29 bits per heavy atom. The third-order valence-corrected chi connectivity index (χ3v) is 4.19. The number of fused-ring (bicyclic) bond motifs is 1. The van der Waals surface area contributed by atoms with Gasteiger partial charge in [0.25, 0.3) is 5.91 Å². The zero-order chi connectivity index (χ0) is 14.8. The smallest absolute Gasteiger partial charge is 0.254 e. The molecule has 0 radical (unpaired) electrons. The van der Waals surface area contributed by atoms with Crippen LogP contribution in [0.3, 0.4) is 0 Å². The highest BCUT2D eigenvalue weighted by Gasteiger charge is 2.33. The summed E-state index contributed by atoms with van der Waals surface area (Å²) in [6, 6.07) is 8.39. The van der Waals surface area contributed by atoms with Gasteiger partial charge in [-0.15, -0.1) is 0 Å². The molecule has 1 saturated heterocycles. The minimum atomic E-state index is -0.461. The molecular formula is C16H22N2O3. The van der Waals surface area contributed by atoms with Crippen molar-refractivity contribution in [2.45, 2.75) is 25.6 Å². The highest BCUT2D eigenvalue weighted by molar-refractivity contribution is 5.82. The average Bonchev–Trinajstić information content (AvgIpc) is 2.64. The van der Waals surface area contributed by atoms with Crippen molar-refractivity contribution in [3.05, 3.63) is 29.8 Å². The number of para-hydroxylation sites is 1. The summed E-state index contributed by atoms with van der Waals surface area (Å²) in [4.78, 5) is 16.9. The molecule has 0 saturated carbocycles. The molecule has 1 amide bonds. The van der Waals surface area contributed by atoms with Gasteiger partial charge in [-0.05, 0) is 18.6 Å². The Morgan fingerprint density at radius 2 is 2.10 bits per heavy atom. The number of rotatable bonds is 1. The number of amides is 1. The van der Waals surface area contributed by atoms with Crippen LogP contribution < -0.4 is 4.90 Å². The van der Waals surface area contributed by atoms with Crippen LogP contribution in [0.1, 0.15) is 12.5 Å². The van der Waals surface area contributed by atoms with Crippen LogP contribution in [-0.2, 0) is 20.8 Å². The topological polar surface area (TPSA) is 42.0 Å². The minimum absolute atomic E-state index is 0.0345. The van der Waals surface area contributed by atoms with Gasteiger partial charge < -0.3 is 19.3 Å². The van der Waals surface area contributed by atoms with Crippen LogP contribution in [0.4, 0.5) is 5.69 Å². The molecule has 1 aromatic carbocycles. The Kier molecular flexibility index (Phi) is 4.12. The number of benzene rings is 1. The number of carbonyl (C=O) groups excluding carboxylic acids is 1. The number of hydrogen-bond donors (Lipinski definition) is 0. The van der Waals surface area contributed by atoms with Crippen LogP contribution in [0, 0.1) is 0 Å². The van der Waals surface area contributed by atoms with Crippen molar-refractivity contribution in [2.24, 2.45) is 0 Å². The molecule has 2 heterocycles. The van der Waals surface area contributed by atoms with Gasteiger partial charge >= 0.3 is 0 Å². The SMILES string of the molecule is C[C@H]1CN(C)c2ccccc2CN1C(=O)[C@H]1COCCO1. The van der Waals surface area contributed by atoms with Gasteiger partial charge in [-0.2, -0.15) is 0 Å². The highest BCUT2D eigenvalue weighted by Crippen LogP contribution is 2.26. The monoisotopic (exact) mass is 290 g/mol. The third kappa shape index (κ3) is 2.89. The van der Waals surface area contributed by atoms with Crippen LogP contribution in [0.15, 0.2) is 24.3 Å². The van der Waals surface area contributed by atoms with E-state index in [1.165, 1.54) is 11.3 Å². The molecule has 21 heavy (non-hydrogen) atoms. The molecule has 5 heteroatoms. The third-order valence-electron chi connectivity index (χ3n) is 4.19. The second-order valence-corrected chi connectivity index (χ2v) is 5.76. The molecule has 0 spiro atoms. The molecule has 0 N–H and O–H groups in total. The lowest BCUT2D eigenvalue weighted by molar-refractivity contribution is -0.160. The van der Waals surface area contributed by atoms with Gasteiger partial charge in [-0.1, -0.05) is 18.2 Å². The lowest BCUT2D eigenvalue weighted by atomic mass is 10.1. The fourth-order valence-electron chi connectivity index (χ4n) is 3.06. The molecule has 5 nitrogen and oxygen atoms in total. The van der Waals surface area contributed by atoms with Crippen molar-refractivity contribution in [1.82, 2.24) is 4.90 Å². The van der Waals surface area contributed by atoms with Gasteiger partial charge in [0.05, 0.1) is 19.8 Å². The van der Waals surface area contributed by atoms with Crippen molar-refractivity contribution in [2.75, 3.05) is 38.3 Å². The molecule has 0 aromatic heterocycles. The molecule has 3 rings (SSSR count). The maximum atomic E-state index is 12.7. The largest absolute Gasteiger partial charge is 0.376 e. The highest BCUT2D eigenvalue weighted by atomic mass is 16.6. The molecule has 2 atom stereocenters. The fourth-order valence-corrected chi connectivity index (χ4v) is 3.06. The van der Waals surface area contributed by atoms with Gasteiger partial charge in [0.15, 0.2) is 6.10 Å². The van der Waals surface area contributed by atoms with Crippen LogP contribution in [0.5, 0.6) is 0 Å². The zero-order valence-electron chi connectivity index (χ0n) is 12.6. The van der Waals surface area contributed by atoms with E-state index in [-0.39, 0.29) is 11.9 Å². The van der Waals surface area contributed by atoms with Gasteiger partial charge in [-0.3, -0.25) is 4.79 Å². The van der Waals surface area contributed by atoms with Crippen LogP contribution in [0.2, 0.25) is 0 Å². The predicted octanol–water partition coefficient (Wildman–Crippen LogP) is 1.27. The molecule has 0 aliphatic carbocycles. The van der Waals surface area contributed by atoms with E-state index < -0.39 is 6.10 Å². The summed E-state index contributed by atoms with van der Waals surface area (Å²) in [7, 11) is 2.07. The molecule has 0 unspecified atom stereocenters. The summed E-state index contributed by atoms with van der Waals surface area (Å²) in [5.74, 6) is 0.0345. The van der Waals surface area contributed by atoms with Crippen molar-refractivity contribution < 1.29 is 14.3 Å². The molecule has 2 aliphatic heterocycles. The number of anilines is 1. The maximum Gasteiger partial charge on any atom is 0.254 e. The Bertz CT molecular complexity index is 514. The first-order valence-corrected chi connectivity index (χ1v) is 7.45. The quantitative estimate of drug-likeness (QED) is 0.781. The van der Waals surface area contributed by atoms with E-state index in [0.29, 0.717) is 26.4 Å². The van der Waals surface area contributed by atoms with E-state index in [4.69, 9.17) is 9.47 Å². The Morgan fingerprint density at radius 3 is 2.86 bits per heavy atom. The summed E-state index contributed by atoms with van der Waals surface area (Å²) in [5.41, 5.74) is 2.37. The second kappa shape index (κ2) is 6.03. The first kappa shape index (κ1) is 14.4. The first-order chi connectivity index (χ1) is 10.2. The van der Waals surface area contributed by atoms with Gasteiger partial charge in [0.1, 0.15) is 0 Å². The van der Waals surface area contributed by atoms with Gasteiger partial charge in [-0.25, -0.2) is 0 Å². The molecular weight excluding hydrogens is 268 g/mol. The van der Waals surface area contributed by atoms with E-state index in [9.17, 15) is 4.79 Å². The molecule has 1 fully saturated rings. The molecule has 0 bridgehead atoms. The Labute approximate surface area is 125 Å². The van der Waals surface area contributed by atoms with E-state index in [0.717, 1.165) is 6.54 Å². The summed E-state index contributed by atoms with van der Waals surface area (Å²) in [5, 5.41) is 0. The maximum absolute atomic E-state index is 12.7. The minimum Gasteiger partial charge on any atom is -0.376 e. The van der Waals surface area contributed by atoms with Crippen LogP contribution in [-0.4, -0.2) is 56.4 Å². The molecule has 2 aliphatic rings. The number of ether oxygens (including phenoxy) is 2. The number of nitrogens with zero attached hydrogens (tertiary/aromatic N) is 2. The predicted molar refractivity (Wildman–Crippen MR) is 80.3 cm³/mol. The van der Waals surface area contributed by atoms with E-state index >= 15 is 0 Å². The van der Waals surface area contributed by atoms with Gasteiger partial charge in [0, 0.05) is 31.9 Å². The molecule has 114 valence electrons. The summed E-state index contributed by atoms with van der Waals surface area (Å²) < 4.78 is 10.9. The van der Waals surface area contributed by atoms with Crippen molar-refractivity contribution in [3.63, 3.8) is 0 Å². The van der Waals surface area contributed by atoms with Crippen molar-refractivity contribution in [3.8, 4) is 0 Å². The molecule has 1 aromatic rings. The summed E-state index contributed by atoms with van der Waals surface area (Å²) in [6.45, 7) is 4.96. The summed E-state index contributed by atoms with van der Waals surface area (Å²) in [6.07, 6.45) is -0.461. The number of carbonyl (C=O) groups is 1. The number of hydrogen-bond acceptors (Lipinski definition) is 4. The van der Waals surface area contributed by atoms with E-state index in [1.807, 2.05) is 17.0 Å². The normalized spacial score (nSPS) is 26.2. The Balaban J connectivity index is 1.83. The second-order valence-electron chi connectivity index (χ2n) is 5.76. The van der Waals surface area contributed by atoms with Crippen LogP contribution in [0.25, 0.3) is 0 Å². The van der Waals surface area contributed by atoms with Crippen molar-refractivity contribution >= 4 is 11.6 Å². The zero-order valence-corrected chi connectivity index (χ0v) is 12.6. The lowest BCUT2D eigenvalue weighted by Crippen LogP contribution is -2.49. The number of likely N-dealkylation sites (N-methyl/N-ethyl adjacent to an activating group) is 1. The first-order valence-electron chi connectivity index (χ1n) is 7.45. The lowest BCUT2D eigenvalue weighted by Gasteiger charge is -2.32. The fraction of sp³-hybridized carbons (Fsp3) is 0.562. The van der Waals surface area contributed by atoms with Crippen LogP contribution >= 0.6 is 0 Å². The summed E-state index contributed by atoms with van der Waals surface area (Å²) >= 11 is 0. The van der Waals surface area contributed by atoms with Crippen molar-refractivity contribution in [1.29, 1.82) is 0 Å². The van der Waals surface area contributed by atoms with Gasteiger partial charge in [0.2, 0.25) is 0 Å². The van der Waals surface area contributed by atoms with E-state index in [1.54, 1.807) is 0 Å². The standard InChI is InChI=1S/C16H22N2O3/c1-12-9-17(2)14-6-4-3-5-13(14)10-18(12)16(19)15-11-20-7-8-21-15/h3-6,12,15H,7-11H2,1-2H3/t12-,15+/m0/s1. The average molecular weight is 290 g/mol. The Hall–Kier alpha value is -1.59.